The van der Waals surface area contributed by atoms with Crippen LogP contribution in [0.5, 0.6) is 0 Å². The molecule has 1 saturated heterocycles. The zero-order valence-corrected chi connectivity index (χ0v) is 13.5. The lowest BCUT2D eigenvalue weighted by Gasteiger charge is -2.35. The zero-order valence-electron chi connectivity index (χ0n) is 12.7. The van der Waals surface area contributed by atoms with Gasteiger partial charge >= 0.3 is 0 Å². The fourth-order valence-corrected chi connectivity index (χ4v) is 3.72. The lowest BCUT2D eigenvalue weighted by Crippen LogP contribution is -2.49. The van der Waals surface area contributed by atoms with Crippen molar-refractivity contribution in [2.24, 2.45) is 0 Å². The highest BCUT2D eigenvalue weighted by molar-refractivity contribution is 7.12. The Bertz CT molecular complexity index is 848. The first-order valence-electron chi connectivity index (χ1n) is 7.46. The van der Waals surface area contributed by atoms with E-state index < -0.39 is 0 Å². The van der Waals surface area contributed by atoms with E-state index in [9.17, 15) is 4.79 Å². The second-order valence-electron chi connectivity index (χ2n) is 5.51. The van der Waals surface area contributed by atoms with Crippen LogP contribution in [0, 0.1) is 6.92 Å². The Morgan fingerprint density at radius 2 is 2.04 bits per heavy atom. The minimum Gasteiger partial charge on any atom is -0.352 e. The molecule has 8 heteroatoms. The summed E-state index contributed by atoms with van der Waals surface area (Å²) in [5.41, 5.74) is 1.79. The summed E-state index contributed by atoms with van der Waals surface area (Å²) in [7, 11) is 0. The van der Waals surface area contributed by atoms with Gasteiger partial charge in [0.15, 0.2) is 11.5 Å². The van der Waals surface area contributed by atoms with Crippen molar-refractivity contribution in [3.05, 3.63) is 40.6 Å². The van der Waals surface area contributed by atoms with Crippen molar-refractivity contribution in [3.63, 3.8) is 0 Å². The van der Waals surface area contributed by atoms with E-state index in [4.69, 9.17) is 0 Å². The fourth-order valence-electron chi connectivity index (χ4n) is 2.83. The molecule has 0 saturated carbocycles. The smallest absolute Gasteiger partial charge is 0.264 e. The molecular formula is C15H16N6OS. The van der Waals surface area contributed by atoms with Crippen LogP contribution in [0.3, 0.4) is 0 Å². The number of thiophene rings is 1. The maximum absolute atomic E-state index is 12.6. The van der Waals surface area contributed by atoms with Crippen molar-refractivity contribution in [3.8, 4) is 0 Å². The number of amides is 1. The van der Waals surface area contributed by atoms with Crippen LogP contribution in [0.15, 0.2) is 30.2 Å². The van der Waals surface area contributed by atoms with Crippen molar-refractivity contribution in [1.29, 1.82) is 0 Å². The van der Waals surface area contributed by atoms with E-state index in [-0.39, 0.29) is 5.91 Å². The molecule has 1 fully saturated rings. The Morgan fingerprint density at radius 3 is 2.78 bits per heavy atom. The van der Waals surface area contributed by atoms with Gasteiger partial charge in [-0.25, -0.2) is 4.98 Å². The SMILES string of the molecule is Cc1ccsc1C(=O)N1CCN(c2cncc3ncnn23)CC1. The van der Waals surface area contributed by atoms with E-state index in [1.807, 2.05) is 23.3 Å². The van der Waals surface area contributed by atoms with E-state index in [2.05, 4.69) is 20.0 Å². The van der Waals surface area contributed by atoms with Gasteiger partial charge < -0.3 is 9.80 Å². The minimum atomic E-state index is 0.134. The molecule has 0 aliphatic carbocycles. The minimum absolute atomic E-state index is 0.134. The van der Waals surface area contributed by atoms with Crippen LogP contribution in [0.4, 0.5) is 5.82 Å². The van der Waals surface area contributed by atoms with Crippen molar-refractivity contribution in [2.75, 3.05) is 31.1 Å². The van der Waals surface area contributed by atoms with Crippen molar-refractivity contribution < 1.29 is 4.79 Å². The second-order valence-corrected chi connectivity index (χ2v) is 6.42. The van der Waals surface area contributed by atoms with Gasteiger partial charge in [-0.05, 0) is 23.9 Å². The molecule has 0 radical (unpaired) electrons. The molecule has 3 aromatic rings. The molecule has 1 aliphatic rings. The zero-order chi connectivity index (χ0) is 15.8. The van der Waals surface area contributed by atoms with Crippen LogP contribution in [0.1, 0.15) is 15.2 Å². The average molecular weight is 328 g/mol. The number of piperazine rings is 1. The normalized spacial score (nSPS) is 15.3. The third-order valence-corrected chi connectivity index (χ3v) is 5.12. The highest BCUT2D eigenvalue weighted by atomic mass is 32.1. The number of carbonyl (C=O) groups is 1. The van der Waals surface area contributed by atoms with E-state index in [0.29, 0.717) is 13.1 Å². The van der Waals surface area contributed by atoms with Crippen LogP contribution in [-0.4, -0.2) is 56.6 Å². The van der Waals surface area contributed by atoms with Crippen molar-refractivity contribution in [2.45, 2.75) is 6.92 Å². The molecule has 1 aliphatic heterocycles. The monoisotopic (exact) mass is 328 g/mol. The third kappa shape index (κ3) is 2.44. The van der Waals surface area contributed by atoms with E-state index in [1.54, 1.807) is 16.9 Å². The van der Waals surface area contributed by atoms with Gasteiger partial charge in [0.25, 0.3) is 5.91 Å². The number of hydrogen-bond donors (Lipinski definition) is 0. The Hall–Kier alpha value is -2.48. The number of rotatable bonds is 2. The Morgan fingerprint density at radius 1 is 1.22 bits per heavy atom. The number of nitrogens with zero attached hydrogens (tertiary/aromatic N) is 6. The molecular weight excluding hydrogens is 312 g/mol. The number of carbonyl (C=O) groups excluding carboxylic acids is 1. The van der Waals surface area contributed by atoms with E-state index in [1.165, 1.54) is 17.7 Å². The van der Waals surface area contributed by atoms with Gasteiger partial charge in [0, 0.05) is 26.2 Å². The second kappa shape index (κ2) is 5.62. The van der Waals surface area contributed by atoms with Gasteiger partial charge in [-0.15, -0.1) is 11.3 Å². The molecule has 0 aromatic carbocycles. The summed E-state index contributed by atoms with van der Waals surface area (Å²) in [5.74, 6) is 1.05. The van der Waals surface area contributed by atoms with Gasteiger partial charge in [-0.1, -0.05) is 0 Å². The standard InChI is InChI=1S/C15H16N6OS/c1-11-2-7-23-14(11)15(22)20-5-3-19(4-6-20)13-9-16-8-12-17-10-18-21(12)13/h2,7-10H,3-6H2,1H3. The summed E-state index contributed by atoms with van der Waals surface area (Å²) in [6.07, 6.45) is 5.01. The number of hydrogen-bond acceptors (Lipinski definition) is 6. The summed E-state index contributed by atoms with van der Waals surface area (Å²) < 4.78 is 1.79. The molecule has 3 aromatic heterocycles. The highest BCUT2D eigenvalue weighted by Crippen LogP contribution is 2.20. The largest absolute Gasteiger partial charge is 0.352 e. The molecule has 0 N–H and O–H groups in total. The Labute approximate surface area is 137 Å². The van der Waals surface area contributed by atoms with Gasteiger partial charge in [-0.2, -0.15) is 9.61 Å². The molecule has 4 heterocycles. The molecule has 7 nitrogen and oxygen atoms in total. The van der Waals surface area contributed by atoms with Crippen molar-refractivity contribution >= 4 is 28.7 Å². The molecule has 0 atom stereocenters. The first-order valence-corrected chi connectivity index (χ1v) is 8.34. The third-order valence-electron chi connectivity index (χ3n) is 4.12. The van der Waals surface area contributed by atoms with Crippen LogP contribution < -0.4 is 4.90 Å². The molecule has 0 unspecified atom stereocenters. The molecule has 23 heavy (non-hydrogen) atoms. The van der Waals surface area contributed by atoms with Gasteiger partial charge in [-0.3, -0.25) is 9.78 Å². The molecule has 4 rings (SSSR count). The fraction of sp³-hybridized carbons (Fsp3) is 0.333. The highest BCUT2D eigenvalue weighted by Gasteiger charge is 2.25. The lowest BCUT2D eigenvalue weighted by atomic mass is 10.2. The Balaban J connectivity index is 1.50. The summed E-state index contributed by atoms with van der Waals surface area (Å²) in [6.45, 7) is 4.90. The van der Waals surface area contributed by atoms with Crippen LogP contribution in [0.25, 0.3) is 5.65 Å². The average Bonchev–Trinajstić information content (AvgIpc) is 3.22. The molecule has 0 spiro atoms. The molecule has 118 valence electrons. The molecule has 0 bridgehead atoms. The number of fused-ring (bicyclic) bond motifs is 1. The van der Waals surface area contributed by atoms with Gasteiger partial charge in [0.2, 0.25) is 0 Å². The predicted molar refractivity (Wildman–Crippen MR) is 88.0 cm³/mol. The predicted octanol–water partition coefficient (Wildman–Crippen LogP) is 1.46. The maximum atomic E-state index is 12.6. The summed E-state index contributed by atoms with van der Waals surface area (Å²) in [4.78, 5) is 25.9. The topological polar surface area (TPSA) is 66.6 Å². The van der Waals surface area contributed by atoms with Gasteiger partial charge in [0.1, 0.15) is 6.33 Å². The van der Waals surface area contributed by atoms with E-state index in [0.717, 1.165) is 35.0 Å². The van der Waals surface area contributed by atoms with Crippen LogP contribution in [0.2, 0.25) is 0 Å². The quantitative estimate of drug-likeness (QED) is 0.712. The van der Waals surface area contributed by atoms with Crippen LogP contribution >= 0.6 is 11.3 Å². The number of anilines is 1. The lowest BCUT2D eigenvalue weighted by molar-refractivity contribution is 0.0750. The van der Waals surface area contributed by atoms with Gasteiger partial charge in [0.05, 0.1) is 17.3 Å². The number of aryl methyl sites for hydroxylation is 1. The maximum Gasteiger partial charge on any atom is 0.264 e. The first kappa shape index (κ1) is 14.1. The Kier molecular flexibility index (Phi) is 3.45. The van der Waals surface area contributed by atoms with Crippen LogP contribution in [-0.2, 0) is 0 Å². The summed E-state index contributed by atoms with van der Waals surface area (Å²) in [6, 6.07) is 1.99. The first-order chi connectivity index (χ1) is 11.2. The van der Waals surface area contributed by atoms with Crippen molar-refractivity contribution in [1.82, 2.24) is 24.5 Å². The number of aromatic nitrogens is 4. The van der Waals surface area contributed by atoms with E-state index >= 15 is 0 Å². The summed E-state index contributed by atoms with van der Waals surface area (Å²) in [5, 5.41) is 6.21. The molecule has 1 amide bonds. The summed E-state index contributed by atoms with van der Waals surface area (Å²) >= 11 is 1.51.